The first-order chi connectivity index (χ1) is 12.1. The van der Waals surface area contributed by atoms with Gasteiger partial charge >= 0.3 is 0 Å². The van der Waals surface area contributed by atoms with Crippen molar-refractivity contribution in [3.63, 3.8) is 0 Å². The lowest BCUT2D eigenvalue weighted by molar-refractivity contribution is 0.0843. The summed E-state index contributed by atoms with van der Waals surface area (Å²) in [7, 11) is 1.58. The Morgan fingerprint density at radius 1 is 1.04 bits per heavy atom. The minimum Gasteiger partial charge on any atom is -0.497 e. The Hall–Kier alpha value is -2.82. The largest absolute Gasteiger partial charge is 0.497 e. The molecule has 0 spiro atoms. The van der Waals surface area contributed by atoms with Gasteiger partial charge in [0.05, 0.1) is 7.11 Å². The number of nitrogens with zero attached hydrogens (tertiary/aromatic N) is 1. The number of methoxy groups -OCH3 is 1. The Labute approximate surface area is 148 Å². The first-order valence-corrected chi connectivity index (χ1v) is 8.45. The van der Waals surface area contributed by atoms with Crippen LogP contribution in [0, 0.1) is 5.41 Å². The lowest BCUT2D eigenvalue weighted by atomic mass is 10.1. The van der Waals surface area contributed by atoms with E-state index in [9.17, 15) is 4.79 Å². The number of carbonyl (C=O) groups excluding carboxylic acids is 1. The fourth-order valence-corrected chi connectivity index (χ4v) is 2.64. The Kier molecular flexibility index (Phi) is 7.01. The van der Waals surface area contributed by atoms with Gasteiger partial charge in [0.2, 0.25) is 0 Å². The summed E-state index contributed by atoms with van der Waals surface area (Å²) < 4.78 is 5.09. The number of guanidine groups is 1. The molecule has 5 nitrogen and oxygen atoms in total. The van der Waals surface area contributed by atoms with Gasteiger partial charge in [-0.25, -0.2) is 0 Å². The molecule has 132 valence electrons. The van der Waals surface area contributed by atoms with Crippen molar-refractivity contribution in [1.82, 2.24) is 4.90 Å². The second kappa shape index (κ2) is 9.47. The molecule has 0 atom stereocenters. The minimum atomic E-state index is -0.252. The van der Waals surface area contributed by atoms with Crippen molar-refractivity contribution >= 4 is 11.9 Å². The van der Waals surface area contributed by atoms with Crippen LogP contribution >= 0.6 is 0 Å². The molecule has 3 N–H and O–H groups in total. The van der Waals surface area contributed by atoms with E-state index in [1.54, 1.807) is 31.4 Å². The van der Waals surface area contributed by atoms with Crippen LogP contribution in [-0.2, 0) is 6.42 Å². The van der Waals surface area contributed by atoms with E-state index in [4.69, 9.17) is 15.9 Å². The molecule has 0 aliphatic carbocycles. The molecule has 1 amide bonds. The number of hydrogen-bond donors (Lipinski definition) is 2. The van der Waals surface area contributed by atoms with Crippen LogP contribution in [-0.4, -0.2) is 30.4 Å². The molecule has 2 rings (SSSR count). The van der Waals surface area contributed by atoms with Gasteiger partial charge in [-0.2, -0.15) is 0 Å². The molecule has 0 aliphatic rings. The first kappa shape index (κ1) is 18.5. The number of unbranched alkanes of at least 4 members (excludes halogenated alkanes) is 2. The average molecular weight is 339 g/mol. The molecule has 25 heavy (non-hydrogen) atoms. The summed E-state index contributed by atoms with van der Waals surface area (Å²) in [6.45, 7) is 0.453. The molecule has 0 fully saturated rings. The highest BCUT2D eigenvalue weighted by Gasteiger charge is 2.17. The molecule has 0 unspecified atom stereocenters. The zero-order valence-electron chi connectivity index (χ0n) is 14.6. The summed E-state index contributed by atoms with van der Waals surface area (Å²) in [6, 6.07) is 17.2. The van der Waals surface area contributed by atoms with E-state index in [0.29, 0.717) is 17.9 Å². The van der Waals surface area contributed by atoms with Gasteiger partial charge in [0, 0.05) is 12.1 Å². The molecule has 0 heterocycles. The van der Waals surface area contributed by atoms with Crippen LogP contribution in [0.2, 0.25) is 0 Å². The molecule has 0 aliphatic heterocycles. The number of hydrogen-bond acceptors (Lipinski definition) is 3. The van der Waals surface area contributed by atoms with E-state index in [-0.39, 0.29) is 11.9 Å². The maximum absolute atomic E-state index is 12.5. The van der Waals surface area contributed by atoms with Gasteiger partial charge in [0.15, 0.2) is 5.96 Å². The van der Waals surface area contributed by atoms with Gasteiger partial charge in [0.25, 0.3) is 5.91 Å². The van der Waals surface area contributed by atoms with Crippen LogP contribution in [0.1, 0.15) is 35.2 Å². The fraction of sp³-hybridized carbons (Fsp3) is 0.300. The summed E-state index contributed by atoms with van der Waals surface area (Å²) in [6.07, 6.45) is 3.86. The minimum absolute atomic E-state index is 0.219. The second-order valence-corrected chi connectivity index (χ2v) is 5.87. The molecule has 2 aromatic rings. The van der Waals surface area contributed by atoms with Crippen molar-refractivity contribution < 1.29 is 9.53 Å². The van der Waals surface area contributed by atoms with Crippen LogP contribution in [0.25, 0.3) is 0 Å². The number of benzene rings is 2. The summed E-state index contributed by atoms with van der Waals surface area (Å²) in [4.78, 5) is 13.9. The molecule has 5 heteroatoms. The molecule has 0 saturated heterocycles. The third-order valence-electron chi connectivity index (χ3n) is 4.06. The van der Waals surface area contributed by atoms with Gasteiger partial charge < -0.3 is 10.5 Å². The van der Waals surface area contributed by atoms with E-state index in [0.717, 1.165) is 25.7 Å². The predicted octanol–water partition coefficient (Wildman–Crippen LogP) is 3.44. The Bertz CT molecular complexity index is 684. The summed E-state index contributed by atoms with van der Waals surface area (Å²) >= 11 is 0. The van der Waals surface area contributed by atoms with Crippen LogP contribution in [0.4, 0.5) is 0 Å². The lowest BCUT2D eigenvalue weighted by Crippen LogP contribution is -2.41. The number of nitrogens with two attached hydrogens (primary N) is 1. The van der Waals surface area contributed by atoms with Gasteiger partial charge in [-0.05, 0) is 49.1 Å². The zero-order valence-corrected chi connectivity index (χ0v) is 14.6. The quantitative estimate of drug-likeness (QED) is 0.439. The third kappa shape index (κ3) is 5.64. The van der Waals surface area contributed by atoms with Crippen molar-refractivity contribution in [2.75, 3.05) is 13.7 Å². The van der Waals surface area contributed by atoms with Crippen molar-refractivity contribution in [3.05, 3.63) is 65.7 Å². The van der Waals surface area contributed by atoms with E-state index in [2.05, 4.69) is 12.1 Å². The molecular weight excluding hydrogens is 314 g/mol. The number of nitrogens with one attached hydrogen (secondary N) is 1. The standard InChI is InChI=1S/C20H25N3O2/c1-25-18-13-11-17(12-14-18)19(24)23(20(21)22)15-7-3-6-10-16-8-4-2-5-9-16/h2,4-5,8-9,11-14H,3,6-7,10,15H2,1H3,(H3,21,22). The lowest BCUT2D eigenvalue weighted by Gasteiger charge is -2.20. The van der Waals surface area contributed by atoms with Crippen LogP contribution < -0.4 is 10.5 Å². The van der Waals surface area contributed by atoms with E-state index < -0.39 is 0 Å². The smallest absolute Gasteiger partial charge is 0.260 e. The second-order valence-electron chi connectivity index (χ2n) is 5.87. The van der Waals surface area contributed by atoms with E-state index in [1.807, 2.05) is 18.2 Å². The van der Waals surface area contributed by atoms with E-state index >= 15 is 0 Å². The van der Waals surface area contributed by atoms with Gasteiger partial charge in [-0.15, -0.1) is 0 Å². The number of amides is 1. The molecule has 0 aromatic heterocycles. The molecule has 0 saturated carbocycles. The number of aryl methyl sites for hydroxylation is 1. The van der Waals surface area contributed by atoms with Crippen molar-refractivity contribution in [1.29, 1.82) is 5.41 Å². The Morgan fingerprint density at radius 2 is 1.72 bits per heavy atom. The molecule has 2 aromatic carbocycles. The van der Waals surface area contributed by atoms with Crippen LogP contribution in [0.15, 0.2) is 54.6 Å². The highest BCUT2D eigenvalue weighted by Crippen LogP contribution is 2.14. The molecular formula is C20H25N3O2. The topological polar surface area (TPSA) is 79.4 Å². The Balaban J connectivity index is 1.83. The molecule has 0 bridgehead atoms. The molecule has 0 radical (unpaired) electrons. The van der Waals surface area contributed by atoms with Gasteiger partial charge in [-0.1, -0.05) is 36.8 Å². The third-order valence-corrected chi connectivity index (χ3v) is 4.06. The maximum Gasteiger partial charge on any atom is 0.260 e. The fourth-order valence-electron chi connectivity index (χ4n) is 2.64. The highest BCUT2D eigenvalue weighted by molar-refractivity contribution is 6.04. The number of carbonyl (C=O) groups is 1. The maximum atomic E-state index is 12.5. The summed E-state index contributed by atoms with van der Waals surface area (Å²) in [5, 5.41) is 7.68. The zero-order chi connectivity index (χ0) is 18.1. The first-order valence-electron chi connectivity index (χ1n) is 8.45. The van der Waals surface area contributed by atoms with Crippen LogP contribution in [0.5, 0.6) is 5.75 Å². The normalized spacial score (nSPS) is 10.3. The van der Waals surface area contributed by atoms with Crippen molar-refractivity contribution in [3.8, 4) is 5.75 Å². The highest BCUT2D eigenvalue weighted by atomic mass is 16.5. The Morgan fingerprint density at radius 3 is 2.32 bits per heavy atom. The van der Waals surface area contributed by atoms with E-state index in [1.165, 1.54) is 10.5 Å². The van der Waals surface area contributed by atoms with Gasteiger partial charge in [0.1, 0.15) is 5.75 Å². The van der Waals surface area contributed by atoms with Crippen LogP contribution in [0.3, 0.4) is 0 Å². The van der Waals surface area contributed by atoms with Crippen molar-refractivity contribution in [2.45, 2.75) is 25.7 Å². The SMILES string of the molecule is COc1ccc(C(=O)N(CCCCCc2ccccc2)C(=N)N)cc1. The summed E-state index contributed by atoms with van der Waals surface area (Å²) in [5.41, 5.74) is 7.42. The monoisotopic (exact) mass is 339 g/mol. The number of rotatable bonds is 8. The predicted molar refractivity (Wildman–Crippen MR) is 99.9 cm³/mol. The summed E-state index contributed by atoms with van der Waals surface area (Å²) in [5.74, 6) is 0.217. The number of ether oxygens (including phenoxy) is 1. The average Bonchev–Trinajstić information content (AvgIpc) is 2.64. The van der Waals surface area contributed by atoms with Gasteiger partial charge in [-0.3, -0.25) is 15.1 Å². The van der Waals surface area contributed by atoms with Crippen molar-refractivity contribution in [2.24, 2.45) is 5.73 Å².